The van der Waals surface area contributed by atoms with Gasteiger partial charge in [-0.2, -0.15) is 0 Å². The second kappa shape index (κ2) is 6.12. The minimum Gasteiger partial charge on any atom is -0.439 e. The highest BCUT2D eigenvalue weighted by Gasteiger charge is 2.00. The Labute approximate surface area is 107 Å². The van der Waals surface area contributed by atoms with Gasteiger partial charge in [0.1, 0.15) is 12.1 Å². The first-order valence-electron chi connectivity index (χ1n) is 6.09. The van der Waals surface area contributed by atoms with Crippen LogP contribution >= 0.6 is 0 Å². The molecule has 0 radical (unpaired) electrons. The van der Waals surface area contributed by atoms with Crippen LogP contribution in [0.25, 0.3) is 0 Å². The van der Waals surface area contributed by atoms with E-state index in [4.69, 9.17) is 10.5 Å². The van der Waals surface area contributed by atoms with Gasteiger partial charge in [0, 0.05) is 11.8 Å². The number of ether oxygens (including phenoxy) is 1. The van der Waals surface area contributed by atoms with Crippen LogP contribution < -0.4 is 10.5 Å². The first-order chi connectivity index (χ1) is 8.81. The van der Waals surface area contributed by atoms with Crippen LogP contribution in [0.4, 0.5) is 0 Å². The molecule has 0 aliphatic rings. The topological polar surface area (TPSA) is 61.0 Å². The van der Waals surface area contributed by atoms with Gasteiger partial charge >= 0.3 is 0 Å². The van der Waals surface area contributed by atoms with Gasteiger partial charge in [-0.1, -0.05) is 19.1 Å². The van der Waals surface area contributed by atoms with Gasteiger partial charge in [-0.15, -0.1) is 0 Å². The molecule has 0 aliphatic carbocycles. The van der Waals surface area contributed by atoms with E-state index in [-0.39, 0.29) is 0 Å². The lowest BCUT2D eigenvalue weighted by Gasteiger charge is -2.06. The normalized spacial score (nSPS) is 10.3. The van der Waals surface area contributed by atoms with Gasteiger partial charge < -0.3 is 10.5 Å². The Morgan fingerprint density at radius 3 is 2.61 bits per heavy atom. The van der Waals surface area contributed by atoms with Gasteiger partial charge in [0.2, 0.25) is 5.88 Å². The van der Waals surface area contributed by atoms with Crippen LogP contribution in [0.5, 0.6) is 11.6 Å². The smallest absolute Gasteiger partial charge is 0.222 e. The van der Waals surface area contributed by atoms with E-state index in [2.05, 4.69) is 9.97 Å². The molecule has 1 heterocycles. The molecule has 0 unspecified atom stereocenters. The second-order valence-corrected chi connectivity index (χ2v) is 3.99. The van der Waals surface area contributed by atoms with Crippen molar-refractivity contribution < 1.29 is 4.74 Å². The number of nitrogens with zero attached hydrogens (tertiary/aromatic N) is 2. The molecule has 94 valence electrons. The van der Waals surface area contributed by atoms with Crippen LogP contribution in [-0.2, 0) is 12.8 Å². The first-order valence-corrected chi connectivity index (χ1v) is 6.09. The Balaban J connectivity index is 2.08. The average Bonchev–Trinajstić information content (AvgIpc) is 2.42. The van der Waals surface area contributed by atoms with Gasteiger partial charge in [-0.3, -0.25) is 0 Å². The zero-order valence-electron chi connectivity index (χ0n) is 10.5. The number of hydrogen-bond donors (Lipinski definition) is 1. The molecule has 4 nitrogen and oxygen atoms in total. The molecule has 18 heavy (non-hydrogen) atoms. The lowest BCUT2D eigenvalue weighted by atomic mass is 10.1. The SMILES string of the molecule is CCc1cc(Oc2ccc(CCN)cc2)ncn1. The van der Waals surface area contributed by atoms with Crippen molar-refractivity contribution >= 4 is 0 Å². The molecule has 4 heteroatoms. The molecule has 0 saturated carbocycles. The molecule has 0 amide bonds. The Morgan fingerprint density at radius 2 is 1.94 bits per heavy atom. The standard InChI is InChI=1S/C14H17N3O/c1-2-12-9-14(17-10-16-12)18-13-5-3-11(4-6-13)7-8-15/h3-6,9-10H,2,7-8,15H2,1H3. The maximum atomic E-state index is 5.67. The van der Waals surface area contributed by atoms with Crippen molar-refractivity contribution in [3.63, 3.8) is 0 Å². The summed E-state index contributed by atoms with van der Waals surface area (Å²) >= 11 is 0. The van der Waals surface area contributed by atoms with Crippen LogP contribution in [0.1, 0.15) is 18.2 Å². The summed E-state index contributed by atoms with van der Waals surface area (Å²) in [4.78, 5) is 8.22. The quantitative estimate of drug-likeness (QED) is 0.875. The maximum Gasteiger partial charge on any atom is 0.222 e. The zero-order valence-corrected chi connectivity index (χ0v) is 10.5. The molecule has 2 rings (SSSR count). The predicted octanol–water partition coefficient (Wildman–Crippen LogP) is 2.33. The third kappa shape index (κ3) is 3.28. The number of rotatable bonds is 5. The Morgan fingerprint density at radius 1 is 1.17 bits per heavy atom. The van der Waals surface area contributed by atoms with Gasteiger partial charge in [-0.25, -0.2) is 9.97 Å². The van der Waals surface area contributed by atoms with Crippen molar-refractivity contribution in [2.24, 2.45) is 5.73 Å². The highest BCUT2D eigenvalue weighted by atomic mass is 16.5. The van der Waals surface area contributed by atoms with Crippen LogP contribution in [-0.4, -0.2) is 16.5 Å². The van der Waals surface area contributed by atoms with Crippen LogP contribution in [0.2, 0.25) is 0 Å². The van der Waals surface area contributed by atoms with Crippen molar-refractivity contribution in [2.75, 3.05) is 6.54 Å². The second-order valence-electron chi connectivity index (χ2n) is 3.99. The van der Waals surface area contributed by atoms with Gasteiger partial charge in [0.15, 0.2) is 0 Å². The lowest BCUT2D eigenvalue weighted by Crippen LogP contribution is -2.02. The van der Waals surface area contributed by atoms with E-state index in [1.807, 2.05) is 37.3 Å². The molecule has 0 spiro atoms. The maximum absolute atomic E-state index is 5.67. The highest BCUT2D eigenvalue weighted by molar-refractivity contribution is 5.30. The van der Waals surface area contributed by atoms with Crippen molar-refractivity contribution in [1.82, 2.24) is 9.97 Å². The number of benzene rings is 1. The Kier molecular flexibility index (Phi) is 4.25. The minimum atomic E-state index is 0.577. The van der Waals surface area contributed by atoms with Crippen molar-refractivity contribution in [3.8, 4) is 11.6 Å². The summed E-state index contributed by atoms with van der Waals surface area (Å²) in [5.41, 5.74) is 7.69. The van der Waals surface area contributed by atoms with E-state index < -0.39 is 0 Å². The fraction of sp³-hybridized carbons (Fsp3) is 0.286. The van der Waals surface area contributed by atoms with E-state index in [0.29, 0.717) is 12.4 Å². The molecule has 1 aromatic carbocycles. The van der Waals surface area contributed by atoms with E-state index in [1.54, 1.807) is 0 Å². The molecule has 0 fully saturated rings. The number of aryl methyl sites for hydroxylation is 1. The molecule has 0 bridgehead atoms. The van der Waals surface area contributed by atoms with E-state index in [1.165, 1.54) is 11.9 Å². The molecular formula is C14H17N3O. The molecule has 0 aliphatic heterocycles. The van der Waals surface area contributed by atoms with E-state index >= 15 is 0 Å². The summed E-state index contributed by atoms with van der Waals surface area (Å²) < 4.78 is 5.67. The van der Waals surface area contributed by atoms with E-state index in [9.17, 15) is 0 Å². The third-order valence-electron chi connectivity index (χ3n) is 2.64. The number of nitrogens with two attached hydrogens (primary N) is 1. The minimum absolute atomic E-state index is 0.577. The van der Waals surface area contributed by atoms with Crippen LogP contribution in [0.3, 0.4) is 0 Å². The summed E-state index contributed by atoms with van der Waals surface area (Å²) in [6, 6.07) is 9.75. The molecule has 1 aromatic heterocycles. The third-order valence-corrected chi connectivity index (χ3v) is 2.64. The van der Waals surface area contributed by atoms with Crippen LogP contribution in [0.15, 0.2) is 36.7 Å². The molecular weight excluding hydrogens is 226 g/mol. The van der Waals surface area contributed by atoms with E-state index in [0.717, 1.165) is 24.3 Å². The fourth-order valence-corrected chi connectivity index (χ4v) is 1.64. The van der Waals surface area contributed by atoms with Crippen LogP contribution in [0, 0.1) is 0 Å². The fourth-order valence-electron chi connectivity index (χ4n) is 1.64. The summed E-state index contributed by atoms with van der Waals surface area (Å²) in [6.45, 7) is 2.71. The summed E-state index contributed by atoms with van der Waals surface area (Å²) in [7, 11) is 0. The first kappa shape index (κ1) is 12.5. The van der Waals surface area contributed by atoms with Crippen molar-refractivity contribution in [3.05, 3.63) is 47.9 Å². The molecule has 2 aromatic rings. The monoisotopic (exact) mass is 243 g/mol. The van der Waals surface area contributed by atoms with Crippen molar-refractivity contribution in [1.29, 1.82) is 0 Å². The predicted molar refractivity (Wildman–Crippen MR) is 70.7 cm³/mol. The molecule has 0 saturated heterocycles. The number of aromatic nitrogens is 2. The molecule has 0 atom stereocenters. The Bertz CT molecular complexity index is 497. The van der Waals surface area contributed by atoms with Gasteiger partial charge in [0.25, 0.3) is 0 Å². The van der Waals surface area contributed by atoms with Gasteiger partial charge in [-0.05, 0) is 37.1 Å². The highest BCUT2D eigenvalue weighted by Crippen LogP contribution is 2.20. The van der Waals surface area contributed by atoms with Crippen molar-refractivity contribution in [2.45, 2.75) is 19.8 Å². The molecule has 2 N–H and O–H groups in total. The summed E-state index contributed by atoms with van der Waals surface area (Å²) in [5, 5.41) is 0. The Hall–Kier alpha value is -1.94. The summed E-state index contributed by atoms with van der Waals surface area (Å²) in [6.07, 6.45) is 3.28. The number of hydrogen-bond acceptors (Lipinski definition) is 4. The largest absolute Gasteiger partial charge is 0.439 e. The summed E-state index contributed by atoms with van der Waals surface area (Å²) in [5.74, 6) is 1.35. The average molecular weight is 243 g/mol. The lowest BCUT2D eigenvalue weighted by molar-refractivity contribution is 0.460. The zero-order chi connectivity index (χ0) is 12.8. The van der Waals surface area contributed by atoms with Gasteiger partial charge in [0.05, 0.1) is 0 Å².